The van der Waals surface area contributed by atoms with Crippen LogP contribution in [-0.4, -0.2) is 30.3 Å². The normalized spacial score (nSPS) is 9.89. The molecule has 102 valence electrons. The summed E-state index contributed by atoms with van der Waals surface area (Å²) in [5, 5.41) is 11.4. The second kappa shape index (κ2) is 8.30. The maximum absolute atomic E-state index is 11.5. The van der Waals surface area contributed by atoms with Crippen LogP contribution in [0.5, 0.6) is 0 Å². The minimum atomic E-state index is -0.173. The van der Waals surface area contributed by atoms with Crippen LogP contribution in [0.4, 0.5) is 5.69 Å². The first-order chi connectivity index (χ1) is 9.11. The molecule has 1 amide bonds. The van der Waals surface area contributed by atoms with E-state index in [1.165, 1.54) is 0 Å². The lowest BCUT2D eigenvalue weighted by molar-refractivity contribution is -0.121. The Morgan fingerprint density at radius 3 is 2.63 bits per heavy atom. The number of anilines is 1. The van der Waals surface area contributed by atoms with Crippen LogP contribution in [0.25, 0.3) is 0 Å². The monoisotopic (exact) mass is 261 g/mol. The summed E-state index contributed by atoms with van der Waals surface area (Å²) in [6.45, 7) is 3.88. The molecule has 0 radical (unpaired) electrons. The fourth-order valence-electron chi connectivity index (χ4n) is 1.30. The summed E-state index contributed by atoms with van der Waals surface area (Å²) in [4.78, 5) is 11.5. The third-order valence-corrected chi connectivity index (χ3v) is 2.19. The largest absolute Gasteiger partial charge is 0.395 e. The number of nitrogens with one attached hydrogen (secondary N) is 1. The van der Waals surface area contributed by atoms with E-state index in [0.29, 0.717) is 12.1 Å². The van der Waals surface area contributed by atoms with Crippen molar-refractivity contribution < 1.29 is 14.6 Å². The molecule has 0 spiro atoms. The van der Waals surface area contributed by atoms with Crippen molar-refractivity contribution in [2.75, 3.05) is 18.5 Å². The molecular weight excluding hydrogens is 242 g/mol. The van der Waals surface area contributed by atoms with Crippen molar-refractivity contribution in [3.63, 3.8) is 0 Å². The summed E-state index contributed by atoms with van der Waals surface area (Å²) in [6, 6.07) is 7.22. The smallest absolute Gasteiger partial charge is 0.250 e. The Morgan fingerprint density at radius 2 is 2.05 bits per heavy atom. The van der Waals surface area contributed by atoms with Gasteiger partial charge in [0.25, 0.3) is 0 Å². The highest BCUT2D eigenvalue weighted by Gasteiger charge is 2.03. The molecule has 0 atom stereocenters. The maximum atomic E-state index is 11.5. The lowest BCUT2D eigenvalue weighted by Gasteiger charge is -2.08. The van der Waals surface area contributed by atoms with Crippen LogP contribution in [0.3, 0.4) is 0 Å². The van der Waals surface area contributed by atoms with Gasteiger partial charge in [-0.15, -0.1) is 0 Å². The predicted molar refractivity (Wildman–Crippen MR) is 74.7 cm³/mol. The maximum Gasteiger partial charge on any atom is 0.250 e. The van der Waals surface area contributed by atoms with Crippen molar-refractivity contribution in [1.29, 1.82) is 0 Å². The Balaban J connectivity index is 2.48. The van der Waals surface area contributed by atoms with Crippen molar-refractivity contribution >= 4 is 11.6 Å². The summed E-state index contributed by atoms with van der Waals surface area (Å²) in [7, 11) is 0. The molecule has 4 nitrogen and oxygen atoms in total. The highest BCUT2D eigenvalue weighted by molar-refractivity contribution is 5.91. The molecule has 0 aromatic heterocycles. The number of hydrogen-bond acceptors (Lipinski definition) is 3. The Morgan fingerprint density at radius 1 is 1.37 bits per heavy atom. The number of amides is 1. The SMILES string of the molecule is CC(C)OCC(=O)Nc1ccc(C#CCCO)cc1. The summed E-state index contributed by atoms with van der Waals surface area (Å²) in [5.41, 5.74) is 1.56. The van der Waals surface area contributed by atoms with Gasteiger partial charge in [0, 0.05) is 17.7 Å². The van der Waals surface area contributed by atoms with Gasteiger partial charge in [0.2, 0.25) is 5.91 Å². The van der Waals surface area contributed by atoms with Crippen molar-refractivity contribution in [3.05, 3.63) is 29.8 Å². The summed E-state index contributed by atoms with van der Waals surface area (Å²) in [5.74, 6) is 5.58. The van der Waals surface area contributed by atoms with Gasteiger partial charge in [-0.1, -0.05) is 11.8 Å². The lowest BCUT2D eigenvalue weighted by Crippen LogP contribution is -2.20. The van der Waals surface area contributed by atoms with Crippen LogP contribution in [0.1, 0.15) is 25.8 Å². The zero-order valence-electron chi connectivity index (χ0n) is 11.3. The first-order valence-electron chi connectivity index (χ1n) is 6.23. The first-order valence-corrected chi connectivity index (χ1v) is 6.23. The van der Waals surface area contributed by atoms with E-state index in [-0.39, 0.29) is 25.2 Å². The Hall–Kier alpha value is -1.83. The van der Waals surface area contributed by atoms with Gasteiger partial charge in [-0.3, -0.25) is 4.79 Å². The van der Waals surface area contributed by atoms with Crippen LogP contribution < -0.4 is 5.32 Å². The molecule has 0 aliphatic heterocycles. The molecule has 0 fully saturated rings. The quantitative estimate of drug-likeness (QED) is 0.794. The molecule has 2 N–H and O–H groups in total. The summed E-state index contributed by atoms with van der Waals surface area (Å²) in [6.07, 6.45) is 0.500. The second-order valence-electron chi connectivity index (χ2n) is 4.26. The topological polar surface area (TPSA) is 58.6 Å². The van der Waals surface area contributed by atoms with Crippen molar-refractivity contribution in [2.24, 2.45) is 0 Å². The van der Waals surface area contributed by atoms with Gasteiger partial charge < -0.3 is 15.2 Å². The van der Waals surface area contributed by atoms with Crippen molar-refractivity contribution in [3.8, 4) is 11.8 Å². The number of rotatable bonds is 5. The fraction of sp³-hybridized carbons (Fsp3) is 0.400. The van der Waals surface area contributed by atoms with Crippen molar-refractivity contribution in [2.45, 2.75) is 26.4 Å². The Labute approximate surface area is 113 Å². The Bertz CT molecular complexity index is 455. The molecule has 0 saturated carbocycles. The third-order valence-electron chi connectivity index (χ3n) is 2.19. The van der Waals surface area contributed by atoms with Gasteiger partial charge in [-0.2, -0.15) is 0 Å². The van der Waals surface area contributed by atoms with E-state index in [0.717, 1.165) is 5.56 Å². The van der Waals surface area contributed by atoms with Crippen LogP contribution >= 0.6 is 0 Å². The van der Waals surface area contributed by atoms with Gasteiger partial charge in [-0.05, 0) is 38.1 Å². The van der Waals surface area contributed by atoms with E-state index in [9.17, 15) is 4.79 Å². The number of aliphatic hydroxyl groups is 1. The average Bonchev–Trinajstić information content (AvgIpc) is 2.39. The number of benzene rings is 1. The lowest BCUT2D eigenvalue weighted by atomic mass is 10.2. The first kappa shape index (κ1) is 15.2. The number of hydrogen-bond donors (Lipinski definition) is 2. The molecule has 1 aromatic carbocycles. The van der Waals surface area contributed by atoms with Crippen LogP contribution in [-0.2, 0) is 9.53 Å². The molecule has 1 aromatic rings. The van der Waals surface area contributed by atoms with Crippen LogP contribution in [0.15, 0.2) is 24.3 Å². The van der Waals surface area contributed by atoms with Gasteiger partial charge in [-0.25, -0.2) is 0 Å². The molecule has 0 aliphatic carbocycles. The molecule has 0 aliphatic rings. The van der Waals surface area contributed by atoms with Gasteiger partial charge in [0.1, 0.15) is 6.61 Å². The van der Waals surface area contributed by atoms with E-state index < -0.39 is 0 Å². The molecule has 0 saturated heterocycles. The molecule has 0 heterocycles. The third kappa shape index (κ3) is 6.61. The minimum absolute atomic E-state index is 0.0370. The van der Waals surface area contributed by atoms with E-state index >= 15 is 0 Å². The average molecular weight is 261 g/mol. The highest BCUT2D eigenvalue weighted by atomic mass is 16.5. The van der Waals surface area contributed by atoms with Gasteiger partial charge in [0.15, 0.2) is 0 Å². The molecule has 1 rings (SSSR count). The molecule has 4 heteroatoms. The standard InChI is InChI=1S/C15H19NO3/c1-12(2)19-11-15(18)16-14-8-6-13(7-9-14)5-3-4-10-17/h6-9,12,17H,4,10-11H2,1-2H3,(H,16,18). The molecular formula is C15H19NO3. The van der Waals surface area contributed by atoms with E-state index in [2.05, 4.69) is 17.2 Å². The summed E-state index contributed by atoms with van der Waals surface area (Å²) < 4.78 is 5.21. The van der Waals surface area contributed by atoms with Gasteiger partial charge in [0.05, 0.1) is 12.7 Å². The summed E-state index contributed by atoms with van der Waals surface area (Å²) >= 11 is 0. The van der Waals surface area contributed by atoms with E-state index in [1.54, 1.807) is 12.1 Å². The van der Waals surface area contributed by atoms with Crippen molar-refractivity contribution in [1.82, 2.24) is 0 Å². The van der Waals surface area contributed by atoms with E-state index in [1.807, 2.05) is 26.0 Å². The molecule has 0 unspecified atom stereocenters. The minimum Gasteiger partial charge on any atom is -0.395 e. The van der Waals surface area contributed by atoms with E-state index in [4.69, 9.17) is 9.84 Å². The number of ether oxygens (including phenoxy) is 1. The number of carbonyl (C=O) groups is 1. The zero-order valence-corrected chi connectivity index (χ0v) is 11.3. The van der Waals surface area contributed by atoms with Gasteiger partial charge >= 0.3 is 0 Å². The Kier molecular flexibility index (Phi) is 6.65. The highest BCUT2D eigenvalue weighted by Crippen LogP contribution is 2.08. The predicted octanol–water partition coefficient (Wildman–Crippen LogP) is 1.78. The fourth-order valence-corrected chi connectivity index (χ4v) is 1.30. The zero-order chi connectivity index (χ0) is 14.1. The second-order valence-corrected chi connectivity index (χ2v) is 4.26. The molecule has 0 bridgehead atoms. The molecule has 19 heavy (non-hydrogen) atoms. The van der Waals surface area contributed by atoms with Crippen LogP contribution in [0, 0.1) is 11.8 Å². The van der Waals surface area contributed by atoms with Crippen LogP contribution in [0.2, 0.25) is 0 Å². The number of carbonyl (C=O) groups excluding carboxylic acids is 1. The number of aliphatic hydroxyl groups excluding tert-OH is 1.